The second kappa shape index (κ2) is 4.34. The number of nitrogens with zero attached hydrogens (tertiary/aromatic N) is 3. The van der Waals surface area contributed by atoms with Gasteiger partial charge in [0.25, 0.3) is 15.9 Å². The summed E-state index contributed by atoms with van der Waals surface area (Å²) in [5.41, 5.74) is 5.70. The fourth-order valence-electron chi connectivity index (χ4n) is 2.15. The Hall–Kier alpha value is -2.35. The van der Waals surface area contributed by atoms with Gasteiger partial charge in [0.15, 0.2) is 0 Å². The van der Waals surface area contributed by atoms with Crippen molar-refractivity contribution in [3.05, 3.63) is 42.1 Å². The molecule has 1 aromatic carbocycles. The minimum absolute atomic E-state index is 0.0248. The van der Waals surface area contributed by atoms with Crippen LogP contribution in [0.3, 0.4) is 0 Å². The Bertz CT molecular complexity index is 782. The lowest BCUT2D eigenvalue weighted by Gasteiger charge is -2.14. The summed E-state index contributed by atoms with van der Waals surface area (Å²) in [6.07, 6.45) is 1.63. The van der Waals surface area contributed by atoms with Gasteiger partial charge in [-0.25, -0.2) is 12.7 Å². The highest BCUT2D eigenvalue weighted by molar-refractivity contribution is 7.90. The molecule has 2 heterocycles. The van der Waals surface area contributed by atoms with E-state index in [0.29, 0.717) is 5.82 Å². The van der Waals surface area contributed by atoms with E-state index in [2.05, 4.69) is 5.10 Å². The van der Waals surface area contributed by atoms with E-state index in [1.807, 2.05) is 0 Å². The Balaban J connectivity index is 1.87. The molecule has 3 rings (SSSR count). The van der Waals surface area contributed by atoms with Crippen molar-refractivity contribution in [1.82, 2.24) is 14.1 Å². The molecule has 7 nitrogen and oxygen atoms in total. The molecule has 0 atom stereocenters. The molecule has 1 amide bonds. The number of hydrogen-bond donors (Lipinski definition) is 1. The number of hydrogen-bond acceptors (Lipinski definition) is 5. The van der Waals surface area contributed by atoms with Gasteiger partial charge < -0.3 is 5.73 Å². The van der Waals surface area contributed by atoms with Gasteiger partial charge in [-0.2, -0.15) is 5.10 Å². The van der Waals surface area contributed by atoms with Gasteiger partial charge in [-0.15, -0.1) is 0 Å². The van der Waals surface area contributed by atoms with Crippen molar-refractivity contribution in [1.29, 1.82) is 0 Å². The number of amides is 1. The topological polar surface area (TPSA) is 98.3 Å². The van der Waals surface area contributed by atoms with Crippen LogP contribution in [0.1, 0.15) is 10.4 Å². The third-order valence-electron chi connectivity index (χ3n) is 3.11. The van der Waals surface area contributed by atoms with E-state index in [1.165, 1.54) is 16.8 Å². The number of benzene rings is 1. The zero-order valence-electron chi connectivity index (χ0n) is 10.4. The first-order valence-corrected chi connectivity index (χ1v) is 7.39. The average molecular weight is 292 g/mol. The van der Waals surface area contributed by atoms with E-state index < -0.39 is 15.9 Å². The predicted molar refractivity (Wildman–Crippen MR) is 71.3 cm³/mol. The van der Waals surface area contributed by atoms with Gasteiger partial charge in [0, 0.05) is 6.20 Å². The Kier molecular flexibility index (Phi) is 2.75. The molecular weight excluding hydrogens is 280 g/mol. The first-order valence-electron chi connectivity index (χ1n) is 5.95. The number of nitrogens with two attached hydrogens (primary N) is 1. The fraction of sp³-hybridized carbons (Fsp3) is 0.167. The second-order valence-electron chi connectivity index (χ2n) is 4.38. The summed E-state index contributed by atoms with van der Waals surface area (Å²) in [5, 5.41) is 3.96. The number of anilines is 1. The molecule has 20 heavy (non-hydrogen) atoms. The second-order valence-corrected chi connectivity index (χ2v) is 6.21. The molecule has 0 saturated heterocycles. The van der Waals surface area contributed by atoms with Crippen LogP contribution in [0.2, 0.25) is 0 Å². The summed E-state index contributed by atoms with van der Waals surface area (Å²) in [4.78, 5) is 12.2. The Morgan fingerprint density at radius 1 is 1.15 bits per heavy atom. The quantitative estimate of drug-likeness (QED) is 0.878. The number of aromatic nitrogens is 2. The number of sulfonamides is 1. The van der Waals surface area contributed by atoms with Gasteiger partial charge in [-0.3, -0.25) is 9.48 Å². The smallest absolute Gasteiger partial charge is 0.269 e. The molecule has 2 aromatic rings. The molecule has 1 aliphatic rings. The highest BCUT2D eigenvalue weighted by Gasteiger charge is 2.40. The number of rotatable bonds is 3. The van der Waals surface area contributed by atoms with Crippen molar-refractivity contribution in [2.24, 2.45) is 0 Å². The minimum atomic E-state index is -3.75. The highest BCUT2D eigenvalue weighted by Crippen LogP contribution is 2.29. The minimum Gasteiger partial charge on any atom is -0.382 e. The highest BCUT2D eigenvalue weighted by atomic mass is 32.2. The van der Waals surface area contributed by atoms with Gasteiger partial charge in [0.05, 0.1) is 18.7 Å². The Labute approximate surface area is 115 Å². The lowest BCUT2D eigenvalue weighted by Crippen LogP contribution is -2.33. The molecule has 0 unspecified atom stereocenters. The summed E-state index contributed by atoms with van der Waals surface area (Å²) >= 11 is 0. The van der Waals surface area contributed by atoms with Crippen LogP contribution in [0, 0.1) is 0 Å². The molecule has 0 fully saturated rings. The van der Waals surface area contributed by atoms with Gasteiger partial charge >= 0.3 is 0 Å². The number of nitrogen functional groups attached to an aromatic ring is 1. The molecule has 0 spiro atoms. The molecule has 0 radical (unpaired) electrons. The summed E-state index contributed by atoms with van der Waals surface area (Å²) in [7, 11) is -3.75. The molecule has 1 aliphatic heterocycles. The van der Waals surface area contributed by atoms with Crippen LogP contribution in [0.5, 0.6) is 0 Å². The Morgan fingerprint density at radius 2 is 1.90 bits per heavy atom. The largest absolute Gasteiger partial charge is 0.382 e. The van der Waals surface area contributed by atoms with Crippen LogP contribution < -0.4 is 5.73 Å². The van der Waals surface area contributed by atoms with Gasteiger partial charge in [-0.1, -0.05) is 12.1 Å². The van der Waals surface area contributed by atoms with Crippen LogP contribution in [0.25, 0.3) is 0 Å². The number of carbonyl (C=O) groups is 1. The van der Waals surface area contributed by atoms with Crippen molar-refractivity contribution in [2.45, 2.75) is 11.4 Å². The van der Waals surface area contributed by atoms with Gasteiger partial charge in [0.1, 0.15) is 10.7 Å². The van der Waals surface area contributed by atoms with E-state index in [0.717, 1.165) is 4.31 Å². The van der Waals surface area contributed by atoms with E-state index in [1.54, 1.807) is 24.4 Å². The van der Waals surface area contributed by atoms with E-state index in [-0.39, 0.29) is 23.5 Å². The molecule has 0 bridgehead atoms. The summed E-state index contributed by atoms with van der Waals surface area (Å²) in [6.45, 7) is 0.285. The molecule has 104 valence electrons. The van der Waals surface area contributed by atoms with Gasteiger partial charge in [0.2, 0.25) is 0 Å². The predicted octanol–water partition coefficient (Wildman–Crippen LogP) is 0.310. The first-order chi connectivity index (χ1) is 9.50. The van der Waals surface area contributed by atoms with E-state index >= 15 is 0 Å². The van der Waals surface area contributed by atoms with Crippen molar-refractivity contribution >= 4 is 21.7 Å². The number of carbonyl (C=O) groups excluding carboxylic acids is 1. The van der Waals surface area contributed by atoms with Crippen LogP contribution in [-0.4, -0.2) is 35.0 Å². The molecule has 1 aromatic heterocycles. The standard InChI is InChI=1S/C12H12N4O3S/c13-11-5-6-15(14-11)7-8-16-12(17)9-3-1-2-4-10(9)20(16,18)19/h1-6H,7-8H2,(H2,13,14). The molecule has 0 aliphatic carbocycles. The normalized spacial score (nSPS) is 16.4. The zero-order valence-corrected chi connectivity index (χ0v) is 11.2. The van der Waals surface area contributed by atoms with Crippen molar-refractivity contribution in [3.63, 3.8) is 0 Å². The third kappa shape index (κ3) is 1.85. The zero-order chi connectivity index (χ0) is 14.3. The van der Waals surface area contributed by atoms with E-state index in [9.17, 15) is 13.2 Å². The van der Waals surface area contributed by atoms with Crippen LogP contribution >= 0.6 is 0 Å². The molecule has 0 saturated carbocycles. The van der Waals surface area contributed by atoms with Crippen molar-refractivity contribution in [3.8, 4) is 0 Å². The summed E-state index contributed by atoms with van der Waals surface area (Å²) < 4.78 is 26.9. The van der Waals surface area contributed by atoms with E-state index in [4.69, 9.17) is 5.73 Å². The molecule has 2 N–H and O–H groups in total. The lowest BCUT2D eigenvalue weighted by molar-refractivity contribution is 0.0867. The maximum absolute atomic E-state index is 12.3. The SMILES string of the molecule is Nc1ccn(CCN2C(=O)c3ccccc3S2(=O)=O)n1. The maximum Gasteiger partial charge on any atom is 0.269 e. The van der Waals surface area contributed by atoms with Crippen molar-refractivity contribution in [2.75, 3.05) is 12.3 Å². The molecular formula is C12H12N4O3S. The lowest BCUT2D eigenvalue weighted by atomic mass is 10.2. The van der Waals surface area contributed by atoms with Crippen LogP contribution in [0.15, 0.2) is 41.4 Å². The van der Waals surface area contributed by atoms with Gasteiger partial charge in [-0.05, 0) is 18.2 Å². The van der Waals surface area contributed by atoms with Crippen LogP contribution in [0.4, 0.5) is 5.82 Å². The van der Waals surface area contributed by atoms with Crippen LogP contribution in [-0.2, 0) is 16.6 Å². The Morgan fingerprint density at radius 3 is 2.55 bits per heavy atom. The first kappa shape index (κ1) is 12.7. The number of fused-ring (bicyclic) bond motifs is 1. The fourth-order valence-corrected chi connectivity index (χ4v) is 3.71. The monoisotopic (exact) mass is 292 g/mol. The van der Waals surface area contributed by atoms with Crippen molar-refractivity contribution < 1.29 is 13.2 Å². The third-order valence-corrected chi connectivity index (χ3v) is 4.95. The summed E-state index contributed by atoms with van der Waals surface area (Å²) in [5.74, 6) is -0.149. The summed E-state index contributed by atoms with van der Waals surface area (Å²) in [6, 6.07) is 7.80. The molecule has 8 heteroatoms. The maximum atomic E-state index is 12.3. The average Bonchev–Trinajstić information content (AvgIpc) is 2.91.